The number of Topliss-reactive ketones (excluding diaryl/α,β-unsaturated/α-hetero) is 1. The number of hydrogen-bond donors (Lipinski definition) is 0. The van der Waals surface area contributed by atoms with Crippen LogP contribution >= 0.6 is 0 Å². The summed E-state index contributed by atoms with van der Waals surface area (Å²) in [5.41, 5.74) is 0. The minimum Gasteiger partial charge on any atom is -0.370 e. The van der Waals surface area contributed by atoms with E-state index in [0.717, 1.165) is 32.1 Å². The van der Waals surface area contributed by atoms with E-state index in [1.54, 1.807) is 0 Å². The van der Waals surface area contributed by atoms with Crippen molar-refractivity contribution in [3.05, 3.63) is 0 Å². The first kappa shape index (κ1) is 8.24. The van der Waals surface area contributed by atoms with Crippen LogP contribution in [0.3, 0.4) is 0 Å². The van der Waals surface area contributed by atoms with E-state index in [1.165, 1.54) is 12.8 Å². The minimum absolute atomic E-state index is 0.453. The Labute approximate surface area is 73.3 Å². The molecule has 2 nitrogen and oxygen atoms in total. The second-order valence-electron chi connectivity index (χ2n) is 3.89. The highest BCUT2D eigenvalue weighted by atomic mass is 16.6. The lowest BCUT2D eigenvalue weighted by Crippen LogP contribution is -2.03. The van der Waals surface area contributed by atoms with E-state index < -0.39 is 0 Å². The molecule has 2 heteroatoms. The number of epoxide rings is 1. The Hall–Kier alpha value is -0.370. The van der Waals surface area contributed by atoms with Crippen molar-refractivity contribution in [1.82, 2.24) is 0 Å². The van der Waals surface area contributed by atoms with Crippen molar-refractivity contribution in [3.63, 3.8) is 0 Å². The molecule has 0 radical (unpaired) electrons. The first-order chi connectivity index (χ1) is 5.86. The van der Waals surface area contributed by atoms with Crippen LogP contribution in [0.25, 0.3) is 0 Å². The predicted molar refractivity (Wildman–Crippen MR) is 46.0 cm³/mol. The predicted octanol–water partition coefficient (Wildman–Crippen LogP) is 2.07. The molecule has 1 aliphatic heterocycles. The molecule has 0 amide bonds. The van der Waals surface area contributed by atoms with Crippen molar-refractivity contribution in [1.29, 1.82) is 0 Å². The van der Waals surface area contributed by atoms with E-state index in [1.807, 2.05) is 0 Å². The highest BCUT2D eigenvalue weighted by Gasteiger charge is 2.37. The zero-order valence-electron chi connectivity index (χ0n) is 7.42. The lowest BCUT2D eigenvalue weighted by Gasteiger charge is -2.02. The molecule has 2 fully saturated rings. The molecule has 2 rings (SSSR count). The van der Waals surface area contributed by atoms with Crippen LogP contribution in [-0.4, -0.2) is 18.0 Å². The van der Waals surface area contributed by atoms with Crippen molar-refractivity contribution in [2.45, 2.75) is 57.2 Å². The smallest absolute Gasteiger partial charge is 0.132 e. The molecule has 0 unspecified atom stereocenters. The first-order valence-corrected chi connectivity index (χ1v) is 5.03. The fourth-order valence-corrected chi connectivity index (χ4v) is 1.98. The second-order valence-corrected chi connectivity index (χ2v) is 3.89. The lowest BCUT2D eigenvalue weighted by atomic mass is 10.0. The van der Waals surface area contributed by atoms with Gasteiger partial charge >= 0.3 is 0 Å². The first-order valence-electron chi connectivity index (χ1n) is 5.03. The van der Waals surface area contributed by atoms with E-state index in [-0.39, 0.29) is 0 Å². The number of rotatable bonds is 0. The molecule has 1 aliphatic carbocycles. The lowest BCUT2D eigenvalue weighted by molar-refractivity contribution is -0.119. The van der Waals surface area contributed by atoms with Crippen LogP contribution in [0.2, 0.25) is 0 Å². The van der Waals surface area contributed by atoms with Crippen LogP contribution in [0.4, 0.5) is 0 Å². The summed E-state index contributed by atoms with van der Waals surface area (Å²) in [4.78, 5) is 11.2. The number of carbonyl (C=O) groups excluding carboxylic acids is 1. The maximum absolute atomic E-state index is 11.2. The van der Waals surface area contributed by atoms with Gasteiger partial charge in [0.25, 0.3) is 0 Å². The largest absolute Gasteiger partial charge is 0.370 e. The third-order valence-electron chi connectivity index (χ3n) is 2.83. The van der Waals surface area contributed by atoms with Gasteiger partial charge in [-0.3, -0.25) is 4.79 Å². The molecular weight excluding hydrogens is 152 g/mol. The van der Waals surface area contributed by atoms with Crippen LogP contribution in [-0.2, 0) is 9.53 Å². The molecule has 1 saturated carbocycles. The number of hydrogen-bond acceptors (Lipinski definition) is 2. The van der Waals surface area contributed by atoms with Crippen molar-refractivity contribution in [2.24, 2.45) is 0 Å². The topological polar surface area (TPSA) is 29.6 Å². The molecule has 0 spiro atoms. The van der Waals surface area contributed by atoms with Crippen LogP contribution < -0.4 is 0 Å². The highest BCUT2D eigenvalue weighted by molar-refractivity contribution is 5.78. The van der Waals surface area contributed by atoms with E-state index in [4.69, 9.17) is 4.74 Å². The van der Waals surface area contributed by atoms with Gasteiger partial charge in [0.15, 0.2) is 0 Å². The Morgan fingerprint density at radius 3 is 2.50 bits per heavy atom. The van der Waals surface area contributed by atoms with E-state index in [2.05, 4.69) is 0 Å². The Kier molecular flexibility index (Phi) is 2.45. The van der Waals surface area contributed by atoms with Gasteiger partial charge in [0, 0.05) is 12.8 Å². The normalized spacial score (nSPS) is 37.2. The summed E-state index contributed by atoms with van der Waals surface area (Å²) in [7, 11) is 0. The van der Waals surface area contributed by atoms with E-state index >= 15 is 0 Å². The van der Waals surface area contributed by atoms with Gasteiger partial charge < -0.3 is 4.74 Å². The van der Waals surface area contributed by atoms with Crippen LogP contribution in [0.1, 0.15) is 44.9 Å². The SMILES string of the molecule is O=C1CCCC[C@H]2O[C@H]2CCC1. The second kappa shape index (κ2) is 3.56. The summed E-state index contributed by atoms with van der Waals surface area (Å²) < 4.78 is 5.47. The maximum atomic E-state index is 11.2. The van der Waals surface area contributed by atoms with Crippen molar-refractivity contribution in [3.8, 4) is 0 Å². The fourth-order valence-electron chi connectivity index (χ4n) is 1.98. The molecule has 0 N–H and O–H groups in total. The Balaban J connectivity index is 1.79. The van der Waals surface area contributed by atoms with Gasteiger partial charge in [-0.15, -0.1) is 0 Å². The van der Waals surface area contributed by atoms with Gasteiger partial charge in [-0.2, -0.15) is 0 Å². The number of carbonyl (C=O) groups is 1. The van der Waals surface area contributed by atoms with Crippen molar-refractivity contribution >= 4 is 5.78 Å². The summed E-state index contributed by atoms with van der Waals surface area (Å²) in [6.45, 7) is 0. The third-order valence-corrected chi connectivity index (χ3v) is 2.83. The Morgan fingerprint density at radius 2 is 1.67 bits per heavy atom. The number of fused-ring (bicyclic) bond motifs is 1. The molecule has 2 atom stereocenters. The average molecular weight is 168 g/mol. The molecule has 0 bridgehead atoms. The third kappa shape index (κ3) is 2.07. The van der Waals surface area contributed by atoms with Crippen LogP contribution in [0, 0.1) is 0 Å². The average Bonchev–Trinajstić information content (AvgIpc) is 2.78. The van der Waals surface area contributed by atoms with Gasteiger partial charge in [-0.25, -0.2) is 0 Å². The van der Waals surface area contributed by atoms with Crippen LogP contribution in [0.15, 0.2) is 0 Å². The molecule has 0 aromatic rings. The van der Waals surface area contributed by atoms with Crippen molar-refractivity contribution in [2.75, 3.05) is 0 Å². The monoisotopic (exact) mass is 168 g/mol. The molecule has 1 saturated heterocycles. The summed E-state index contributed by atoms with van der Waals surface area (Å²) in [5.74, 6) is 0.453. The molecule has 0 aromatic heterocycles. The molecule has 1 heterocycles. The van der Waals surface area contributed by atoms with Crippen LogP contribution in [0.5, 0.6) is 0 Å². The fraction of sp³-hybridized carbons (Fsp3) is 0.900. The van der Waals surface area contributed by atoms with Gasteiger partial charge in [-0.05, 0) is 25.7 Å². The molecule has 2 aliphatic rings. The van der Waals surface area contributed by atoms with E-state index in [9.17, 15) is 4.79 Å². The summed E-state index contributed by atoms with van der Waals surface area (Å²) in [6, 6.07) is 0. The maximum Gasteiger partial charge on any atom is 0.132 e. The molecule has 0 aromatic carbocycles. The van der Waals surface area contributed by atoms with Crippen molar-refractivity contribution < 1.29 is 9.53 Å². The van der Waals surface area contributed by atoms with Gasteiger partial charge in [0.2, 0.25) is 0 Å². The van der Waals surface area contributed by atoms with Gasteiger partial charge in [0.05, 0.1) is 12.2 Å². The molecule has 68 valence electrons. The molecular formula is C10H16O2. The minimum atomic E-state index is 0.453. The number of ether oxygens (including phenoxy) is 1. The quantitative estimate of drug-likeness (QED) is 0.518. The molecule has 12 heavy (non-hydrogen) atoms. The van der Waals surface area contributed by atoms with Gasteiger partial charge in [0.1, 0.15) is 5.78 Å². The zero-order valence-corrected chi connectivity index (χ0v) is 7.42. The van der Waals surface area contributed by atoms with E-state index in [0.29, 0.717) is 18.0 Å². The summed E-state index contributed by atoms with van der Waals surface area (Å²) in [5, 5.41) is 0. The summed E-state index contributed by atoms with van der Waals surface area (Å²) >= 11 is 0. The van der Waals surface area contributed by atoms with Gasteiger partial charge in [-0.1, -0.05) is 6.42 Å². The standard InChI is InChI=1S/C10H16O2/c11-8-4-1-2-6-9-10(12-9)7-3-5-8/h9-10H,1-7H2/t9-,10+/m1/s1. The Bertz CT molecular complexity index is 177. The number of ketones is 1. The summed E-state index contributed by atoms with van der Waals surface area (Å²) in [6.07, 6.45) is 8.23. The zero-order chi connectivity index (χ0) is 8.39. The Morgan fingerprint density at radius 1 is 1.00 bits per heavy atom. The highest BCUT2D eigenvalue weighted by Crippen LogP contribution is 2.32.